The monoisotopic (exact) mass is 283 g/mol. The molecule has 0 saturated heterocycles. The average molecular weight is 283 g/mol. The summed E-state index contributed by atoms with van der Waals surface area (Å²) in [6.45, 7) is 3.02. The van der Waals surface area contributed by atoms with Gasteiger partial charge in [-0.1, -0.05) is 6.07 Å². The van der Waals surface area contributed by atoms with Crippen LogP contribution in [0.2, 0.25) is 0 Å². The Balaban J connectivity index is 2.08. The Morgan fingerprint density at radius 2 is 2.11 bits per heavy atom. The summed E-state index contributed by atoms with van der Waals surface area (Å²) in [6.07, 6.45) is 0. The normalized spacial score (nSPS) is 10.7. The zero-order valence-corrected chi connectivity index (χ0v) is 11.6. The molecule has 0 atom stereocenters. The van der Waals surface area contributed by atoms with Crippen LogP contribution in [0, 0.1) is 18.6 Å². The first-order chi connectivity index (χ1) is 9.11. The van der Waals surface area contributed by atoms with Gasteiger partial charge in [-0.25, -0.2) is 4.39 Å². The topological polar surface area (TPSA) is 21.3 Å². The van der Waals surface area contributed by atoms with Crippen LogP contribution >= 0.6 is 11.3 Å². The Bertz CT molecular complexity index is 569. The minimum absolute atomic E-state index is 0.0548. The van der Waals surface area contributed by atoms with Crippen LogP contribution in [0.1, 0.15) is 15.3 Å². The molecule has 0 radical (unpaired) electrons. The van der Waals surface area contributed by atoms with E-state index >= 15 is 0 Å². The first-order valence-corrected chi connectivity index (χ1v) is 6.73. The van der Waals surface area contributed by atoms with Crippen molar-refractivity contribution >= 4 is 11.3 Å². The molecule has 1 aromatic carbocycles. The number of aryl methyl sites for hydroxylation is 1. The van der Waals surface area contributed by atoms with E-state index in [9.17, 15) is 8.78 Å². The Morgan fingerprint density at radius 1 is 1.32 bits per heavy atom. The lowest BCUT2D eigenvalue weighted by atomic mass is 10.2. The maximum absolute atomic E-state index is 13.4. The Labute approximate surface area is 115 Å². The summed E-state index contributed by atoms with van der Waals surface area (Å²) in [6, 6.07) is 5.95. The number of halogens is 2. The second kappa shape index (κ2) is 6.12. The molecular formula is C14H15F2NOS. The molecule has 0 spiro atoms. The summed E-state index contributed by atoms with van der Waals surface area (Å²) < 4.78 is 31.8. The molecule has 19 heavy (non-hydrogen) atoms. The first-order valence-electron chi connectivity index (χ1n) is 5.91. The van der Waals surface area contributed by atoms with Gasteiger partial charge in [0.25, 0.3) is 0 Å². The summed E-state index contributed by atoms with van der Waals surface area (Å²) in [4.78, 5) is 2.32. The maximum atomic E-state index is 13.4. The summed E-state index contributed by atoms with van der Waals surface area (Å²) in [5.41, 5.74) is 0.999. The van der Waals surface area contributed by atoms with Gasteiger partial charge < -0.3 is 10.1 Å². The maximum Gasteiger partial charge on any atom is 0.200 e. The van der Waals surface area contributed by atoms with Crippen LogP contribution in [0.4, 0.5) is 8.78 Å². The molecule has 2 aromatic rings. The highest BCUT2D eigenvalue weighted by atomic mass is 32.1. The van der Waals surface area contributed by atoms with Crippen molar-refractivity contribution in [1.29, 1.82) is 0 Å². The van der Waals surface area contributed by atoms with Gasteiger partial charge in [-0.05, 0) is 32.2 Å². The number of rotatable bonds is 5. The zero-order chi connectivity index (χ0) is 13.8. The van der Waals surface area contributed by atoms with E-state index in [1.807, 2.05) is 20.0 Å². The van der Waals surface area contributed by atoms with Crippen molar-refractivity contribution in [2.24, 2.45) is 0 Å². The van der Waals surface area contributed by atoms with Crippen molar-refractivity contribution in [2.75, 3.05) is 7.05 Å². The molecule has 0 aliphatic heterocycles. The van der Waals surface area contributed by atoms with Gasteiger partial charge in [0.15, 0.2) is 11.6 Å². The highest BCUT2D eigenvalue weighted by Crippen LogP contribution is 2.25. The number of thiophene rings is 1. The van der Waals surface area contributed by atoms with E-state index in [4.69, 9.17) is 4.74 Å². The molecule has 0 bridgehead atoms. The van der Waals surface area contributed by atoms with Gasteiger partial charge >= 0.3 is 0 Å². The molecule has 102 valence electrons. The van der Waals surface area contributed by atoms with Crippen molar-refractivity contribution in [1.82, 2.24) is 5.32 Å². The van der Waals surface area contributed by atoms with E-state index in [-0.39, 0.29) is 12.4 Å². The lowest BCUT2D eigenvalue weighted by molar-refractivity contribution is 0.284. The van der Waals surface area contributed by atoms with Gasteiger partial charge in [0.2, 0.25) is 5.82 Å². The van der Waals surface area contributed by atoms with Crippen molar-refractivity contribution in [3.8, 4) is 5.75 Å². The van der Waals surface area contributed by atoms with Crippen molar-refractivity contribution in [2.45, 2.75) is 20.1 Å². The first kappa shape index (κ1) is 14.0. The van der Waals surface area contributed by atoms with E-state index in [0.717, 1.165) is 23.1 Å². The van der Waals surface area contributed by atoms with E-state index in [1.54, 1.807) is 11.3 Å². The van der Waals surface area contributed by atoms with E-state index in [2.05, 4.69) is 5.32 Å². The van der Waals surface area contributed by atoms with Crippen molar-refractivity contribution < 1.29 is 13.5 Å². The molecule has 0 saturated carbocycles. The van der Waals surface area contributed by atoms with Gasteiger partial charge in [-0.3, -0.25) is 0 Å². The molecule has 1 N–H and O–H groups in total. The zero-order valence-electron chi connectivity index (χ0n) is 10.8. The third-order valence-electron chi connectivity index (χ3n) is 2.72. The minimum Gasteiger partial charge on any atom is -0.486 e. The average Bonchev–Trinajstić information content (AvgIpc) is 2.72. The van der Waals surface area contributed by atoms with Gasteiger partial charge in [-0.15, -0.1) is 11.3 Å². The third-order valence-corrected chi connectivity index (χ3v) is 3.81. The van der Waals surface area contributed by atoms with Crippen molar-refractivity contribution in [3.63, 3.8) is 0 Å². The highest BCUT2D eigenvalue weighted by molar-refractivity contribution is 7.12. The number of hydrogen-bond acceptors (Lipinski definition) is 3. The molecule has 0 amide bonds. The second-order valence-corrected chi connectivity index (χ2v) is 5.51. The lowest BCUT2D eigenvalue weighted by Crippen LogP contribution is -2.03. The third kappa shape index (κ3) is 3.30. The molecule has 2 nitrogen and oxygen atoms in total. The Morgan fingerprint density at radius 3 is 2.84 bits per heavy atom. The number of ether oxygens (including phenoxy) is 1. The van der Waals surface area contributed by atoms with Gasteiger partial charge in [-0.2, -0.15) is 4.39 Å². The van der Waals surface area contributed by atoms with E-state index < -0.39 is 11.6 Å². The highest BCUT2D eigenvalue weighted by Gasteiger charge is 2.10. The van der Waals surface area contributed by atoms with Gasteiger partial charge in [0.1, 0.15) is 6.61 Å². The molecule has 5 heteroatoms. The summed E-state index contributed by atoms with van der Waals surface area (Å²) in [7, 11) is 1.88. The summed E-state index contributed by atoms with van der Waals surface area (Å²) in [5.74, 6) is -1.89. The molecular weight excluding hydrogens is 268 g/mol. The standard InChI is InChI=1S/C14H15F2NOS/c1-9-10(6-11(19-9)7-17-2)8-18-13-5-3-4-12(15)14(13)16/h3-6,17H,7-8H2,1-2H3. The van der Waals surface area contributed by atoms with Crippen LogP contribution in [-0.4, -0.2) is 7.05 Å². The predicted octanol–water partition coefficient (Wildman–Crippen LogP) is 3.63. The molecule has 2 rings (SSSR count). The van der Waals surface area contributed by atoms with E-state index in [0.29, 0.717) is 0 Å². The smallest absolute Gasteiger partial charge is 0.200 e. The predicted molar refractivity (Wildman–Crippen MR) is 72.5 cm³/mol. The molecule has 1 aromatic heterocycles. The van der Waals surface area contributed by atoms with Crippen LogP contribution in [-0.2, 0) is 13.2 Å². The lowest BCUT2D eigenvalue weighted by Gasteiger charge is -2.07. The van der Waals surface area contributed by atoms with Gasteiger partial charge in [0.05, 0.1) is 0 Å². The molecule has 0 aliphatic rings. The Hall–Kier alpha value is -1.46. The van der Waals surface area contributed by atoms with Crippen molar-refractivity contribution in [3.05, 3.63) is 51.2 Å². The fourth-order valence-corrected chi connectivity index (χ4v) is 2.80. The molecule has 0 aliphatic carbocycles. The summed E-state index contributed by atoms with van der Waals surface area (Å²) in [5, 5.41) is 3.07. The molecule has 0 fully saturated rings. The van der Waals surface area contributed by atoms with E-state index in [1.165, 1.54) is 17.0 Å². The van der Waals surface area contributed by atoms with Crippen LogP contribution in [0.15, 0.2) is 24.3 Å². The summed E-state index contributed by atoms with van der Waals surface area (Å²) >= 11 is 1.67. The SMILES string of the molecule is CNCc1cc(COc2cccc(F)c2F)c(C)s1. The minimum atomic E-state index is -0.939. The second-order valence-electron chi connectivity index (χ2n) is 4.17. The quantitative estimate of drug-likeness (QED) is 0.904. The number of hydrogen-bond donors (Lipinski definition) is 1. The number of nitrogens with one attached hydrogen (secondary N) is 1. The Kier molecular flexibility index (Phi) is 4.50. The molecule has 0 unspecified atom stereocenters. The fraction of sp³-hybridized carbons (Fsp3) is 0.286. The van der Waals surface area contributed by atoms with Crippen LogP contribution in [0.5, 0.6) is 5.75 Å². The van der Waals surface area contributed by atoms with Gasteiger partial charge in [0, 0.05) is 21.9 Å². The number of benzene rings is 1. The van der Waals surface area contributed by atoms with Crippen LogP contribution < -0.4 is 10.1 Å². The largest absolute Gasteiger partial charge is 0.486 e. The fourth-order valence-electron chi connectivity index (χ4n) is 1.74. The van der Waals surface area contributed by atoms with Crippen LogP contribution in [0.25, 0.3) is 0 Å². The van der Waals surface area contributed by atoms with Crippen LogP contribution in [0.3, 0.4) is 0 Å². The molecule has 1 heterocycles.